The maximum absolute atomic E-state index is 12.8. The summed E-state index contributed by atoms with van der Waals surface area (Å²) in [5.74, 6) is 1.66. The van der Waals surface area contributed by atoms with Crippen LogP contribution in [0.25, 0.3) is 10.9 Å². The SMILES string of the molecule is COc1ccc2[nH]c3c(c2c1)CCN(S(C)(=O)=O)C31CCN(CCOc2ccccc2)C1. The number of methoxy groups -OCH3 is 1. The van der Waals surface area contributed by atoms with Crippen molar-refractivity contribution in [1.82, 2.24) is 14.2 Å². The molecule has 2 aliphatic rings. The predicted octanol–water partition coefficient (Wildman–Crippen LogP) is 2.97. The molecule has 7 nitrogen and oxygen atoms in total. The summed E-state index contributed by atoms with van der Waals surface area (Å²) >= 11 is 0. The van der Waals surface area contributed by atoms with Crippen molar-refractivity contribution in [2.45, 2.75) is 18.4 Å². The first-order chi connectivity index (χ1) is 15.4. The maximum atomic E-state index is 12.8. The highest BCUT2D eigenvalue weighted by molar-refractivity contribution is 7.88. The van der Waals surface area contributed by atoms with E-state index in [1.165, 1.54) is 11.8 Å². The number of fused-ring (bicyclic) bond motifs is 4. The molecule has 170 valence electrons. The molecule has 1 spiro atoms. The number of H-pyrrole nitrogens is 1. The van der Waals surface area contributed by atoms with Crippen LogP contribution >= 0.6 is 0 Å². The largest absolute Gasteiger partial charge is 0.497 e. The van der Waals surface area contributed by atoms with Gasteiger partial charge in [-0.25, -0.2) is 8.42 Å². The molecule has 0 aliphatic carbocycles. The lowest BCUT2D eigenvalue weighted by atomic mass is 9.86. The van der Waals surface area contributed by atoms with Gasteiger partial charge in [-0.1, -0.05) is 18.2 Å². The van der Waals surface area contributed by atoms with E-state index in [-0.39, 0.29) is 0 Å². The highest BCUT2D eigenvalue weighted by Gasteiger charge is 2.52. The van der Waals surface area contributed by atoms with Crippen molar-refractivity contribution >= 4 is 20.9 Å². The van der Waals surface area contributed by atoms with E-state index in [9.17, 15) is 8.42 Å². The Kier molecular flexibility index (Phi) is 5.39. The van der Waals surface area contributed by atoms with Crippen LogP contribution in [-0.4, -0.2) is 68.8 Å². The summed E-state index contributed by atoms with van der Waals surface area (Å²) in [4.78, 5) is 5.89. The first-order valence-corrected chi connectivity index (χ1v) is 12.8. The molecule has 8 heteroatoms. The van der Waals surface area contributed by atoms with Crippen LogP contribution in [0.2, 0.25) is 0 Å². The van der Waals surface area contributed by atoms with Crippen LogP contribution in [0.1, 0.15) is 17.7 Å². The second-order valence-electron chi connectivity index (χ2n) is 8.69. The van der Waals surface area contributed by atoms with Gasteiger partial charge in [0.2, 0.25) is 10.0 Å². The molecule has 0 radical (unpaired) electrons. The average Bonchev–Trinajstić information content (AvgIpc) is 3.36. The smallest absolute Gasteiger partial charge is 0.212 e. The standard InChI is InChI=1S/C24H29N3O4S/c1-30-19-8-9-22-21(16-19)20-10-12-27(32(2,28)29)24(23(20)25-22)11-13-26(17-24)14-15-31-18-6-4-3-5-7-18/h3-9,16,25H,10-15,17H2,1-2H3. The Balaban J connectivity index is 1.45. The van der Waals surface area contributed by atoms with Crippen molar-refractivity contribution in [2.24, 2.45) is 0 Å². The van der Waals surface area contributed by atoms with Gasteiger partial charge < -0.3 is 14.5 Å². The van der Waals surface area contributed by atoms with Gasteiger partial charge in [-0.3, -0.25) is 4.90 Å². The Morgan fingerprint density at radius 3 is 2.66 bits per heavy atom. The van der Waals surface area contributed by atoms with Gasteiger partial charge in [0.1, 0.15) is 18.1 Å². The highest BCUT2D eigenvalue weighted by atomic mass is 32.2. The summed E-state index contributed by atoms with van der Waals surface area (Å²) in [7, 11) is -1.70. The number of aromatic nitrogens is 1. The number of nitrogens with zero attached hydrogens (tertiary/aromatic N) is 2. The van der Waals surface area contributed by atoms with Crippen LogP contribution < -0.4 is 9.47 Å². The molecule has 0 bridgehead atoms. The van der Waals surface area contributed by atoms with Gasteiger partial charge in [0.25, 0.3) is 0 Å². The molecule has 32 heavy (non-hydrogen) atoms. The summed E-state index contributed by atoms with van der Waals surface area (Å²) < 4.78 is 38.7. The number of rotatable bonds is 6. The number of hydrogen-bond donors (Lipinski definition) is 1. The predicted molar refractivity (Wildman–Crippen MR) is 125 cm³/mol. The second kappa shape index (κ2) is 8.10. The molecule has 5 rings (SSSR count). The van der Waals surface area contributed by atoms with Gasteiger partial charge in [-0.15, -0.1) is 0 Å². The number of nitrogens with one attached hydrogen (secondary N) is 1. The molecule has 2 aromatic carbocycles. The van der Waals surface area contributed by atoms with E-state index >= 15 is 0 Å². The van der Waals surface area contributed by atoms with Gasteiger partial charge in [0, 0.05) is 42.8 Å². The fraction of sp³-hybridized carbons (Fsp3) is 0.417. The molecular formula is C24H29N3O4S. The molecule has 1 unspecified atom stereocenters. The minimum absolute atomic E-state index is 0.490. The van der Waals surface area contributed by atoms with E-state index in [4.69, 9.17) is 9.47 Å². The second-order valence-corrected chi connectivity index (χ2v) is 10.6. The van der Waals surface area contributed by atoms with Crippen LogP contribution in [0.3, 0.4) is 0 Å². The number of hydrogen-bond acceptors (Lipinski definition) is 5. The van der Waals surface area contributed by atoms with E-state index in [0.29, 0.717) is 26.1 Å². The van der Waals surface area contributed by atoms with E-state index in [2.05, 4.69) is 16.0 Å². The van der Waals surface area contributed by atoms with Crippen LogP contribution in [-0.2, 0) is 22.0 Å². The number of sulfonamides is 1. The quantitative estimate of drug-likeness (QED) is 0.619. The molecule has 2 aliphatic heterocycles. The first-order valence-electron chi connectivity index (χ1n) is 11.0. The number of para-hydroxylation sites is 1. The van der Waals surface area contributed by atoms with Crippen LogP contribution in [0, 0.1) is 0 Å². The van der Waals surface area contributed by atoms with Gasteiger partial charge in [-0.2, -0.15) is 4.31 Å². The molecule has 1 fully saturated rings. The zero-order chi connectivity index (χ0) is 22.3. The van der Waals surface area contributed by atoms with Crippen molar-refractivity contribution in [3.05, 3.63) is 59.8 Å². The summed E-state index contributed by atoms with van der Waals surface area (Å²) in [5.41, 5.74) is 2.68. The highest BCUT2D eigenvalue weighted by Crippen LogP contribution is 2.46. The third-order valence-electron chi connectivity index (χ3n) is 6.77. The normalized spacial score (nSPS) is 21.8. The van der Waals surface area contributed by atoms with E-state index in [0.717, 1.165) is 47.6 Å². The third kappa shape index (κ3) is 3.66. The van der Waals surface area contributed by atoms with Crippen LogP contribution in [0.15, 0.2) is 48.5 Å². The lowest BCUT2D eigenvalue weighted by Gasteiger charge is -2.43. The lowest BCUT2D eigenvalue weighted by Crippen LogP contribution is -2.54. The molecule has 0 saturated carbocycles. The minimum atomic E-state index is -3.37. The Labute approximate surface area is 189 Å². The van der Waals surface area contributed by atoms with Crippen LogP contribution in [0.5, 0.6) is 11.5 Å². The molecule has 0 amide bonds. The monoisotopic (exact) mass is 455 g/mol. The topological polar surface area (TPSA) is 74.9 Å². The summed E-state index contributed by atoms with van der Waals surface area (Å²) in [5, 5.41) is 1.12. The Morgan fingerprint density at radius 1 is 1.09 bits per heavy atom. The van der Waals surface area contributed by atoms with Gasteiger partial charge in [0.15, 0.2) is 0 Å². The number of benzene rings is 2. The fourth-order valence-electron chi connectivity index (χ4n) is 5.32. The molecule has 1 N–H and O–H groups in total. The summed E-state index contributed by atoms with van der Waals surface area (Å²) in [6.07, 6.45) is 2.77. The number of ether oxygens (including phenoxy) is 2. The molecule has 1 aromatic heterocycles. The zero-order valence-corrected chi connectivity index (χ0v) is 19.3. The Bertz CT molecular complexity index is 1220. The van der Waals surface area contributed by atoms with Gasteiger partial charge in [-0.05, 0) is 48.7 Å². The van der Waals surface area contributed by atoms with Crippen molar-refractivity contribution < 1.29 is 17.9 Å². The van der Waals surface area contributed by atoms with Crippen molar-refractivity contribution in [3.8, 4) is 11.5 Å². The zero-order valence-electron chi connectivity index (χ0n) is 18.5. The van der Waals surface area contributed by atoms with Gasteiger partial charge in [0.05, 0.1) is 18.9 Å². The molecule has 1 atom stereocenters. The van der Waals surface area contributed by atoms with E-state index in [1.807, 2.05) is 42.5 Å². The van der Waals surface area contributed by atoms with Crippen molar-refractivity contribution in [2.75, 3.05) is 46.2 Å². The van der Waals surface area contributed by atoms with E-state index in [1.54, 1.807) is 11.4 Å². The number of aromatic amines is 1. The molecule has 3 aromatic rings. The van der Waals surface area contributed by atoms with Crippen LogP contribution in [0.4, 0.5) is 0 Å². The lowest BCUT2D eigenvalue weighted by molar-refractivity contribution is 0.158. The average molecular weight is 456 g/mol. The maximum Gasteiger partial charge on any atom is 0.212 e. The minimum Gasteiger partial charge on any atom is -0.497 e. The van der Waals surface area contributed by atoms with Crippen molar-refractivity contribution in [3.63, 3.8) is 0 Å². The first kappa shape index (κ1) is 21.3. The number of likely N-dealkylation sites (tertiary alicyclic amines) is 1. The van der Waals surface area contributed by atoms with Gasteiger partial charge >= 0.3 is 0 Å². The fourth-order valence-corrected chi connectivity index (χ4v) is 6.62. The van der Waals surface area contributed by atoms with E-state index < -0.39 is 15.6 Å². The summed E-state index contributed by atoms with van der Waals surface area (Å²) in [6, 6.07) is 15.8. The Hall–Kier alpha value is -2.55. The third-order valence-corrected chi connectivity index (χ3v) is 8.10. The Morgan fingerprint density at radius 2 is 1.91 bits per heavy atom. The molecule has 1 saturated heterocycles. The van der Waals surface area contributed by atoms with Crippen molar-refractivity contribution in [1.29, 1.82) is 0 Å². The molecular weight excluding hydrogens is 426 g/mol. The summed E-state index contributed by atoms with van der Waals surface area (Å²) in [6.45, 7) is 3.27. The molecule has 3 heterocycles.